The Morgan fingerprint density at radius 2 is 2.03 bits per heavy atom. The highest BCUT2D eigenvalue weighted by Crippen LogP contribution is 2.28. The van der Waals surface area contributed by atoms with Crippen molar-refractivity contribution in [1.82, 2.24) is 4.90 Å². The lowest BCUT2D eigenvalue weighted by atomic mass is 10.1. The van der Waals surface area contributed by atoms with Crippen LogP contribution in [-0.2, 0) is 11.3 Å². The van der Waals surface area contributed by atoms with Gasteiger partial charge >= 0.3 is 0 Å². The SMILES string of the molecule is CCOc1ccc(CN(C)C(=O)c2cccc(OCC3CCCO3)c2)cc1OC. The molecular weight excluding hydrogens is 370 g/mol. The summed E-state index contributed by atoms with van der Waals surface area (Å²) in [5.74, 6) is 1.97. The number of methoxy groups -OCH3 is 1. The summed E-state index contributed by atoms with van der Waals surface area (Å²) in [5.41, 5.74) is 1.56. The van der Waals surface area contributed by atoms with Crippen molar-refractivity contribution in [3.8, 4) is 17.2 Å². The molecule has 1 heterocycles. The quantitative estimate of drug-likeness (QED) is 0.640. The molecule has 156 valence electrons. The molecule has 1 aliphatic rings. The van der Waals surface area contributed by atoms with Crippen LogP contribution in [0.2, 0.25) is 0 Å². The van der Waals surface area contributed by atoms with Crippen LogP contribution in [0.4, 0.5) is 0 Å². The van der Waals surface area contributed by atoms with Crippen LogP contribution in [-0.4, -0.2) is 50.9 Å². The van der Waals surface area contributed by atoms with E-state index >= 15 is 0 Å². The number of rotatable bonds is 9. The van der Waals surface area contributed by atoms with Crippen molar-refractivity contribution in [3.63, 3.8) is 0 Å². The second-order valence-corrected chi connectivity index (χ2v) is 7.05. The van der Waals surface area contributed by atoms with E-state index in [9.17, 15) is 4.79 Å². The molecule has 2 aromatic carbocycles. The Morgan fingerprint density at radius 3 is 2.76 bits per heavy atom. The first-order chi connectivity index (χ1) is 14.1. The number of ether oxygens (including phenoxy) is 4. The van der Waals surface area contributed by atoms with E-state index in [1.807, 2.05) is 37.3 Å². The third-order valence-corrected chi connectivity index (χ3v) is 4.84. The number of carbonyl (C=O) groups excluding carboxylic acids is 1. The zero-order chi connectivity index (χ0) is 20.6. The minimum atomic E-state index is -0.0691. The van der Waals surface area contributed by atoms with E-state index in [1.54, 1.807) is 31.2 Å². The van der Waals surface area contributed by atoms with Gasteiger partial charge in [-0.25, -0.2) is 0 Å². The number of benzene rings is 2. The molecular formula is C23H29NO5. The summed E-state index contributed by atoms with van der Waals surface area (Å²) in [6.07, 6.45) is 2.24. The molecule has 1 aliphatic heterocycles. The number of hydrogen-bond donors (Lipinski definition) is 0. The van der Waals surface area contributed by atoms with Crippen LogP contribution in [0.1, 0.15) is 35.7 Å². The molecule has 0 bridgehead atoms. The molecule has 1 saturated heterocycles. The molecule has 0 aliphatic carbocycles. The molecule has 1 atom stereocenters. The number of nitrogens with zero attached hydrogens (tertiary/aromatic N) is 1. The van der Waals surface area contributed by atoms with Crippen LogP contribution in [0.5, 0.6) is 17.2 Å². The average molecular weight is 399 g/mol. The van der Waals surface area contributed by atoms with Crippen molar-refractivity contribution in [2.45, 2.75) is 32.4 Å². The Labute approximate surface area is 172 Å². The van der Waals surface area contributed by atoms with Gasteiger partial charge in [0.15, 0.2) is 11.5 Å². The Balaban J connectivity index is 1.63. The van der Waals surface area contributed by atoms with Crippen molar-refractivity contribution < 1.29 is 23.7 Å². The van der Waals surface area contributed by atoms with Gasteiger partial charge < -0.3 is 23.8 Å². The molecule has 1 amide bonds. The van der Waals surface area contributed by atoms with E-state index in [-0.39, 0.29) is 12.0 Å². The minimum absolute atomic E-state index is 0.0691. The molecule has 1 unspecified atom stereocenters. The van der Waals surface area contributed by atoms with Crippen molar-refractivity contribution in [1.29, 1.82) is 0 Å². The van der Waals surface area contributed by atoms with Crippen LogP contribution in [0, 0.1) is 0 Å². The normalized spacial score (nSPS) is 15.8. The van der Waals surface area contributed by atoms with E-state index in [2.05, 4.69) is 0 Å². The van der Waals surface area contributed by atoms with Gasteiger partial charge in [-0.2, -0.15) is 0 Å². The average Bonchev–Trinajstić information content (AvgIpc) is 3.27. The monoisotopic (exact) mass is 399 g/mol. The molecule has 6 nitrogen and oxygen atoms in total. The van der Waals surface area contributed by atoms with Crippen molar-refractivity contribution in [2.75, 3.05) is 34.0 Å². The molecule has 1 fully saturated rings. The van der Waals surface area contributed by atoms with Gasteiger partial charge in [0.2, 0.25) is 0 Å². The molecule has 0 N–H and O–H groups in total. The summed E-state index contributed by atoms with van der Waals surface area (Å²) in [7, 11) is 3.39. The van der Waals surface area contributed by atoms with E-state index in [0.29, 0.717) is 42.6 Å². The van der Waals surface area contributed by atoms with Crippen LogP contribution in [0.15, 0.2) is 42.5 Å². The maximum absolute atomic E-state index is 12.9. The number of amides is 1. The van der Waals surface area contributed by atoms with Crippen molar-refractivity contribution in [3.05, 3.63) is 53.6 Å². The summed E-state index contributed by atoms with van der Waals surface area (Å²) in [6.45, 7) is 4.27. The largest absolute Gasteiger partial charge is 0.493 e. The fourth-order valence-corrected chi connectivity index (χ4v) is 3.34. The maximum Gasteiger partial charge on any atom is 0.254 e. The summed E-state index contributed by atoms with van der Waals surface area (Å²) in [6, 6.07) is 13.0. The summed E-state index contributed by atoms with van der Waals surface area (Å²) < 4.78 is 22.3. The van der Waals surface area contributed by atoms with Crippen LogP contribution < -0.4 is 14.2 Å². The van der Waals surface area contributed by atoms with Crippen LogP contribution in [0.3, 0.4) is 0 Å². The first kappa shape index (κ1) is 21.0. The topological polar surface area (TPSA) is 57.2 Å². The third-order valence-electron chi connectivity index (χ3n) is 4.84. The molecule has 0 spiro atoms. The molecule has 29 heavy (non-hydrogen) atoms. The highest BCUT2D eigenvalue weighted by Gasteiger charge is 2.17. The van der Waals surface area contributed by atoms with Gasteiger partial charge in [0.25, 0.3) is 5.91 Å². The second kappa shape index (κ2) is 10.2. The predicted octanol–water partition coefficient (Wildman–Crippen LogP) is 3.92. The van der Waals surface area contributed by atoms with Gasteiger partial charge in [-0.05, 0) is 55.7 Å². The zero-order valence-corrected chi connectivity index (χ0v) is 17.3. The Kier molecular flexibility index (Phi) is 7.36. The standard InChI is InChI=1S/C23H29NO5/c1-4-27-21-11-10-17(13-22(21)26-3)15-24(2)23(25)18-7-5-8-19(14-18)29-16-20-9-6-12-28-20/h5,7-8,10-11,13-14,20H,4,6,9,12,15-16H2,1-3H3. The molecule has 0 aromatic heterocycles. The van der Waals surface area contributed by atoms with Gasteiger partial charge in [-0.15, -0.1) is 0 Å². The summed E-state index contributed by atoms with van der Waals surface area (Å²) in [5, 5.41) is 0. The Hall–Kier alpha value is -2.73. The minimum Gasteiger partial charge on any atom is -0.493 e. The van der Waals surface area contributed by atoms with Gasteiger partial charge in [-0.1, -0.05) is 12.1 Å². The molecule has 2 aromatic rings. The summed E-state index contributed by atoms with van der Waals surface area (Å²) in [4.78, 5) is 14.6. The molecule has 6 heteroatoms. The van der Waals surface area contributed by atoms with Crippen LogP contribution in [0.25, 0.3) is 0 Å². The van der Waals surface area contributed by atoms with Gasteiger partial charge in [-0.3, -0.25) is 4.79 Å². The van der Waals surface area contributed by atoms with Crippen LogP contribution >= 0.6 is 0 Å². The van der Waals surface area contributed by atoms with E-state index in [4.69, 9.17) is 18.9 Å². The second-order valence-electron chi connectivity index (χ2n) is 7.05. The predicted molar refractivity (Wildman–Crippen MR) is 111 cm³/mol. The van der Waals surface area contributed by atoms with Gasteiger partial charge in [0.1, 0.15) is 12.4 Å². The summed E-state index contributed by atoms with van der Waals surface area (Å²) >= 11 is 0. The maximum atomic E-state index is 12.9. The molecule has 0 radical (unpaired) electrons. The lowest BCUT2D eigenvalue weighted by Crippen LogP contribution is -2.26. The first-order valence-corrected chi connectivity index (χ1v) is 10.0. The lowest BCUT2D eigenvalue weighted by molar-refractivity contribution is 0.0678. The van der Waals surface area contributed by atoms with E-state index in [1.165, 1.54) is 0 Å². The first-order valence-electron chi connectivity index (χ1n) is 10.0. The zero-order valence-electron chi connectivity index (χ0n) is 17.3. The van der Waals surface area contributed by atoms with E-state index in [0.717, 1.165) is 25.0 Å². The third kappa shape index (κ3) is 5.64. The fraction of sp³-hybridized carbons (Fsp3) is 0.435. The number of hydrogen-bond acceptors (Lipinski definition) is 5. The van der Waals surface area contributed by atoms with Gasteiger partial charge in [0, 0.05) is 25.8 Å². The smallest absolute Gasteiger partial charge is 0.254 e. The molecule has 3 rings (SSSR count). The van der Waals surface area contributed by atoms with Gasteiger partial charge in [0.05, 0.1) is 19.8 Å². The fourth-order valence-electron chi connectivity index (χ4n) is 3.34. The lowest BCUT2D eigenvalue weighted by Gasteiger charge is -2.19. The highest BCUT2D eigenvalue weighted by molar-refractivity contribution is 5.94. The van der Waals surface area contributed by atoms with Crippen molar-refractivity contribution >= 4 is 5.91 Å². The van der Waals surface area contributed by atoms with Crippen molar-refractivity contribution in [2.24, 2.45) is 0 Å². The Morgan fingerprint density at radius 1 is 1.17 bits per heavy atom. The number of carbonyl (C=O) groups is 1. The molecule has 0 saturated carbocycles. The van der Waals surface area contributed by atoms with E-state index < -0.39 is 0 Å². The highest BCUT2D eigenvalue weighted by atomic mass is 16.5. The Bertz CT molecular complexity index is 817.